The second-order valence-corrected chi connectivity index (χ2v) is 6.05. The van der Waals surface area contributed by atoms with Crippen molar-refractivity contribution in [3.63, 3.8) is 0 Å². The fourth-order valence-corrected chi connectivity index (χ4v) is 2.73. The molecule has 2 N–H and O–H groups in total. The molecule has 0 saturated heterocycles. The van der Waals surface area contributed by atoms with Crippen LogP contribution in [0.1, 0.15) is 58.3 Å². The number of esters is 1. The number of pyridine rings is 1. The van der Waals surface area contributed by atoms with E-state index in [1.165, 1.54) is 0 Å². The Morgan fingerprint density at radius 3 is 2.28 bits per heavy atom. The average molecular weight is 353 g/mol. The maximum Gasteiger partial charge on any atom is 0.309 e. The van der Waals surface area contributed by atoms with Gasteiger partial charge in [0.15, 0.2) is 12.4 Å². The summed E-state index contributed by atoms with van der Waals surface area (Å²) in [7, 11) is 0. The lowest BCUT2D eigenvalue weighted by molar-refractivity contribution is -0.698. The summed E-state index contributed by atoms with van der Waals surface area (Å²) in [5.41, 5.74) is 0. The monoisotopic (exact) mass is 353 g/mol. The molecule has 1 aromatic rings. The average Bonchev–Trinajstić information content (AvgIpc) is 2.57. The van der Waals surface area contributed by atoms with Crippen molar-refractivity contribution in [2.24, 2.45) is 5.92 Å². The molecule has 0 aliphatic heterocycles. The highest BCUT2D eigenvalue weighted by molar-refractivity contribution is 5.72. The van der Waals surface area contributed by atoms with Crippen LogP contribution in [-0.4, -0.2) is 29.1 Å². The fraction of sp³-hybridized carbons (Fsp3) is 0.632. The van der Waals surface area contributed by atoms with Gasteiger partial charge in [0.05, 0.1) is 12.5 Å². The number of carboxylic acids is 1. The van der Waals surface area contributed by atoms with Gasteiger partial charge in [-0.05, 0) is 19.8 Å². The standard InChI is InChI=1S/C19H29NO4.H2O/c1-2-24-19(23)17(13-16-20-14-9-6-10-15-20)11-7-4-3-5-8-12-18(21)22;/h6,9-10,14-15,17H,2-5,7-8,11-13,16H2,1H3;1H2. The van der Waals surface area contributed by atoms with Gasteiger partial charge >= 0.3 is 11.9 Å². The highest BCUT2D eigenvalue weighted by atomic mass is 16.5. The maximum atomic E-state index is 12.1. The smallest absolute Gasteiger partial charge is 0.309 e. The molecule has 25 heavy (non-hydrogen) atoms. The van der Waals surface area contributed by atoms with Gasteiger partial charge in [0.2, 0.25) is 0 Å². The van der Waals surface area contributed by atoms with E-state index in [0.717, 1.165) is 51.5 Å². The molecule has 0 aliphatic carbocycles. The molecule has 1 atom stereocenters. The summed E-state index contributed by atoms with van der Waals surface area (Å²) in [6, 6.07) is 5.94. The number of hydrogen-bond donors (Lipinski definition) is 1. The van der Waals surface area contributed by atoms with Crippen LogP contribution in [0.15, 0.2) is 30.6 Å². The SMILES string of the molecule is CCOC(=O)C(CCCCCCCC(=O)O)CC[n+]1ccccc1.[OH-]. The molecule has 0 saturated carbocycles. The molecule has 6 heteroatoms. The van der Waals surface area contributed by atoms with Crippen LogP contribution >= 0.6 is 0 Å². The Labute approximate surface area is 150 Å². The first-order valence-electron chi connectivity index (χ1n) is 8.96. The number of aliphatic carboxylic acids is 1. The maximum absolute atomic E-state index is 12.1. The number of aryl methyl sites for hydroxylation is 1. The Kier molecular flexibility index (Phi) is 13.3. The first-order chi connectivity index (χ1) is 11.6. The van der Waals surface area contributed by atoms with Gasteiger partial charge < -0.3 is 15.3 Å². The van der Waals surface area contributed by atoms with E-state index in [4.69, 9.17) is 9.84 Å². The van der Waals surface area contributed by atoms with Gasteiger partial charge in [-0.25, -0.2) is 4.57 Å². The molecule has 1 heterocycles. The van der Waals surface area contributed by atoms with E-state index in [-0.39, 0.29) is 23.8 Å². The number of unbranched alkanes of at least 4 members (excludes halogenated alkanes) is 4. The Hall–Kier alpha value is -1.95. The van der Waals surface area contributed by atoms with E-state index in [1.54, 1.807) is 0 Å². The topological polar surface area (TPSA) is 97.5 Å². The van der Waals surface area contributed by atoms with Crippen molar-refractivity contribution in [2.75, 3.05) is 6.61 Å². The van der Waals surface area contributed by atoms with Crippen LogP contribution in [0.4, 0.5) is 0 Å². The number of carboxylic acid groups (broad SMARTS) is 1. The van der Waals surface area contributed by atoms with Crippen molar-refractivity contribution in [1.29, 1.82) is 0 Å². The molecular weight excluding hydrogens is 322 g/mol. The second-order valence-electron chi connectivity index (χ2n) is 6.05. The minimum absolute atomic E-state index is 0. The van der Waals surface area contributed by atoms with Gasteiger partial charge in [0, 0.05) is 25.0 Å². The summed E-state index contributed by atoms with van der Waals surface area (Å²) in [4.78, 5) is 22.6. The highest BCUT2D eigenvalue weighted by Gasteiger charge is 2.20. The van der Waals surface area contributed by atoms with E-state index in [2.05, 4.69) is 4.57 Å². The molecule has 0 spiro atoms. The van der Waals surface area contributed by atoms with Gasteiger partial charge in [-0.15, -0.1) is 0 Å². The molecule has 0 bridgehead atoms. The van der Waals surface area contributed by atoms with Crippen LogP contribution in [0.2, 0.25) is 0 Å². The summed E-state index contributed by atoms with van der Waals surface area (Å²) in [5, 5.41) is 8.60. The quantitative estimate of drug-likeness (QED) is 0.334. The number of ether oxygens (including phenoxy) is 1. The van der Waals surface area contributed by atoms with Crippen molar-refractivity contribution in [3.05, 3.63) is 30.6 Å². The number of carbonyl (C=O) groups is 2. The molecule has 0 aliphatic rings. The minimum Gasteiger partial charge on any atom is -0.870 e. The summed E-state index contributed by atoms with van der Waals surface area (Å²) in [5.74, 6) is -0.882. The van der Waals surface area contributed by atoms with Crippen LogP contribution < -0.4 is 4.57 Å². The van der Waals surface area contributed by atoms with Gasteiger partial charge in [-0.3, -0.25) is 9.59 Å². The Balaban J connectivity index is 0.00000576. The summed E-state index contributed by atoms with van der Waals surface area (Å²) >= 11 is 0. The lowest BCUT2D eigenvalue weighted by Gasteiger charge is -2.14. The van der Waals surface area contributed by atoms with Crippen molar-refractivity contribution in [1.82, 2.24) is 0 Å². The first kappa shape index (κ1) is 23.1. The Morgan fingerprint density at radius 2 is 1.64 bits per heavy atom. The van der Waals surface area contributed by atoms with Crippen molar-refractivity contribution in [3.8, 4) is 0 Å². The third-order valence-corrected chi connectivity index (χ3v) is 4.08. The van der Waals surface area contributed by atoms with Gasteiger partial charge in [-0.2, -0.15) is 0 Å². The normalized spacial score (nSPS) is 11.4. The summed E-state index contributed by atoms with van der Waals surface area (Å²) in [6.45, 7) is 3.06. The molecule has 0 amide bonds. The lowest BCUT2D eigenvalue weighted by Crippen LogP contribution is -2.34. The van der Waals surface area contributed by atoms with E-state index in [1.807, 2.05) is 37.5 Å². The number of rotatable bonds is 13. The van der Waals surface area contributed by atoms with E-state index >= 15 is 0 Å². The second kappa shape index (κ2) is 14.4. The number of aromatic nitrogens is 1. The molecule has 0 radical (unpaired) electrons. The molecule has 142 valence electrons. The van der Waals surface area contributed by atoms with Gasteiger partial charge in [0.25, 0.3) is 0 Å². The molecule has 0 fully saturated rings. The molecule has 6 nitrogen and oxygen atoms in total. The van der Waals surface area contributed by atoms with E-state index < -0.39 is 5.97 Å². The third kappa shape index (κ3) is 11.3. The highest BCUT2D eigenvalue weighted by Crippen LogP contribution is 2.17. The summed E-state index contributed by atoms with van der Waals surface area (Å²) < 4.78 is 7.28. The fourth-order valence-electron chi connectivity index (χ4n) is 2.73. The molecule has 0 aromatic carbocycles. The largest absolute Gasteiger partial charge is 0.870 e. The Morgan fingerprint density at radius 1 is 1.00 bits per heavy atom. The van der Waals surface area contributed by atoms with Crippen LogP contribution in [0.25, 0.3) is 0 Å². The van der Waals surface area contributed by atoms with Gasteiger partial charge in [-0.1, -0.05) is 31.7 Å². The zero-order valence-corrected chi connectivity index (χ0v) is 15.1. The number of hydrogen-bond acceptors (Lipinski definition) is 4. The van der Waals surface area contributed by atoms with Crippen molar-refractivity contribution >= 4 is 11.9 Å². The first-order valence-corrected chi connectivity index (χ1v) is 8.96. The zero-order valence-electron chi connectivity index (χ0n) is 15.1. The van der Waals surface area contributed by atoms with Crippen molar-refractivity contribution in [2.45, 2.75) is 64.8 Å². The molecular formula is C19H31NO5. The predicted octanol–water partition coefficient (Wildman–Crippen LogP) is 3.18. The van der Waals surface area contributed by atoms with E-state index in [9.17, 15) is 9.59 Å². The third-order valence-electron chi connectivity index (χ3n) is 4.08. The molecule has 1 unspecified atom stereocenters. The van der Waals surface area contributed by atoms with Crippen molar-refractivity contribution < 1.29 is 29.5 Å². The lowest BCUT2D eigenvalue weighted by atomic mass is 9.97. The van der Waals surface area contributed by atoms with Crippen LogP contribution in [0.5, 0.6) is 0 Å². The Bertz CT molecular complexity index is 478. The van der Waals surface area contributed by atoms with Gasteiger partial charge in [0.1, 0.15) is 6.54 Å². The van der Waals surface area contributed by atoms with Crippen LogP contribution in [0.3, 0.4) is 0 Å². The predicted molar refractivity (Wildman–Crippen MR) is 93.3 cm³/mol. The zero-order chi connectivity index (χ0) is 17.6. The number of nitrogens with zero attached hydrogens (tertiary/aromatic N) is 1. The molecule has 1 aromatic heterocycles. The van der Waals surface area contributed by atoms with Crippen LogP contribution in [0, 0.1) is 5.92 Å². The summed E-state index contributed by atoms with van der Waals surface area (Å²) in [6.07, 6.45) is 10.6. The number of carbonyl (C=O) groups excluding carboxylic acids is 1. The van der Waals surface area contributed by atoms with Crippen LogP contribution in [-0.2, 0) is 20.9 Å². The minimum atomic E-state index is -0.726. The van der Waals surface area contributed by atoms with E-state index in [0.29, 0.717) is 6.61 Å². The molecule has 1 rings (SSSR count).